The SMILES string of the molecule is Cc1nc(CN(C)c2ncncc2N)cs1. The Morgan fingerprint density at radius 3 is 2.94 bits per heavy atom. The van der Waals surface area contributed by atoms with E-state index in [0.29, 0.717) is 12.2 Å². The molecule has 2 heterocycles. The van der Waals surface area contributed by atoms with E-state index in [1.54, 1.807) is 17.5 Å². The van der Waals surface area contributed by atoms with Crippen LogP contribution in [0.4, 0.5) is 11.5 Å². The molecule has 5 nitrogen and oxygen atoms in total. The maximum atomic E-state index is 5.80. The zero-order chi connectivity index (χ0) is 11.5. The summed E-state index contributed by atoms with van der Waals surface area (Å²) in [5.74, 6) is 0.737. The molecule has 0 aliphatic carbocycles. The van der Waals surface area contributed by atoms with Crippen LogP contribution in [-0.2, 0) is 6.54 Å². The van der Waals surface area contributed by atoms with Gasteiger partial charge >= 0.3 is 0 Å². The zero-order valence-electron chi connectivity index (χ0n) is 9.21. The normalized spacial score (nSPS) is 10.4. The first-order valence-corrected chi connectivity index (χ1v) is 5.72. The monoisotopic (exact) mass is 235 g/mol. The molecule has 0 aromatic carbocycles. The molecule has 0 saturated carbocycles. The molecule has 0 unspecified atom stereocenters. The van der Waals surface area contributed by atoms with E-state index in [4.69, 9.17) is 5.73 Å². The number of nitrogens with zero attached hydrogens (tertiary/aromatic N) is 4. The minimum atomic E-state index is 0.581. The van der Waals surface area contributed by atoms with Gasteiger partial charge in [-0.25, -0.2) is 15.0 Å². The van der Waals surface area contributed by atoms with Crippen molar-refractivity contribution in [2.24, 2.45) is 0 Å². The molecular weight excluding hydrogens is 222 g/mol. The van der Waals surface area contributed by atoms with Crippen LogP contribution in [0.15, 0.2) is 17.9 Å². The average molecular weight is 235 g/mol. The van der Waals surface area contributed by atoms with Gasteiger partial charge in [0.1, 0.15) is 6.33 Å². The molecule has 2 N–H and O–H groups in total. The summed E-state index contributed by atoms with van der Waals surface area (Å²) in [7, 11) is 1.94. The fourth-order valence-corrected chi connectivity index (χ4v) is 2.06. The molecule has 0 aliphatic rings. The van der Waals surface area contributed by atoms with Gasteiger partial charge in [0, 0.05) is 12.4 Å². The van der Waals surface area contributed by atoms with Crippen LogP contribution in [0.2, 0.25) is 0 Å². The van der Waals surface area contributed by atoms with Crippen molar-refractivity contribution in [2.75, 3.05) is 17.7 Å². The van der Waals surface area contributed by atoms with Crippen LogP contribution in [0.1, 0.15) is 10.7 Å². The maximum Gasteiger partial charge on any atom is 0.155 e. The molecule has 0 atom stereocenters. The molecule has 2 aromatic rings. The molecule has 0 amide bonds. The van der Waals surface area contributed by atoms with Crippen LogP contribution in [0.25, 0.3) is 0 Å². The van der Waals surface area contributed by atoms with E-state index in [-0.39, 0.29) is 0 Å². The third kappa shape index (κ3) is 2.27. The summed E-state index contributed by atoms with van der Waals surface area (Å²) in [6.07, 6.45) is 3.10. The second kappa shape index (κ2) is 4.44. The van der Waals surface area contributed by atoms with Crippen molar-refractivity contribution in [3.63, 3.8) is 0 Å². The van der Waals surface area contributed by atoms with Gasteiger partial charge in [-0.2, -0.15) is 0 Å². The molecule has 16 heavy (non-hydrogen) atoms. The lowest BCUT2D eigenvalue weighted by Gasteiger charge is -2.17. The van der Waals surface area contributed by atoms with Crippen LogP contribution in [0, 0.1) is 6.92 Å². The van der Waals surface area contributed by atoms with E-state index in [1.165, 1.54) is 6.33 Å². The quantitative estimate of drug-likeness (QED) is 0.872. The minimum absolute atomic E-state index is 0.581. The lowest BCUT2D eigenvalue weighted by molar-refractivity contribution is 0.867. The van der Waals surface area contributed by atoms with Crippen LogP contribution in [0.5, 0.6) is 0 Å². The Bertz CT molecular complexity index is 482. The van der Waals surface area contributed by atoms with E-state index >= 15 is 0 Å². The van der Waals surface area contributed by atoms with Crippen molar-refractivity contribution in [1.29, 1.82) is 0 Å². The Labute approximate surface area is 98.0 Å². The van der Waals surface area contributed by atoms with Gasteiger partial charge in [0.2, 0.25) is 0 Å². The summed E-state index contributed by atoms with van der Waals surface area (Å²) in [4.78, 5) is 14.4. The van der Waals surface area contributed by atoms with Crippen molar-refractivity contribution in [3.8, 4) is 0 Å². The average Bonchev–Trinajstić information content (AvgIpc) is 2.64. The Kier molecular flexibility index (Phi) is 3.00. The molecule has 0 radical (unpaired) electrons. The van der Waals surface area contributed by atoms with E-state index in [2.05, 4.69) is 15.0 Å². The van der Waals surface area contributed by atoms with Crippen LogP contribution in [-0.4, -0.2) is 22.0 Å². The van der Waals surface area contributed by atoms with Gasteiger partial charge < -0.3 is 10.6 Å². The van der Waals surface area contributed by atoms with Crippen molar-refractivity contribution >= 4 is 22.8 Å². The summed E-state index contributed by atoms with van der Waals surface area (Å²) in [5.41, 5.74) is 7.41. The second-order valence-corrected chi connectivity index (χ2v) is 4.58. The topological polar surface area (TPSA) is 67.9 Å². The lowest BCUT2D eigenvalue weighted by atomic mass is 10.4. The predicted octanol–water partition coefficient (Wildman–Crippen LogP) is 1.46. The number of aromatic nitrogens is 3. The standard InChI is InChI=1S/C10H13N5S/c1-7-14-8(5-16-7)4-15(2)10-9(11)3-12-6-13-10/h3,5-6H,4,11H2,1-2H3. The molecule has 2 aromatic heterocycles. The van der Waals surface area contributed by atoms with Crippen LogP contribution in [0.3, 0.4) is 0 Å². The van der Waals surface area contributed by atoms with E-state index < -0.39 is 0 Å². The van der Waals surface area contributed by atoms with Gasteiger partial charge in [-0.1, -0.05) is 0 Å². The molecule has 0 spiro atoms. The van der Waals surface area contributed by atoms with E-state index in [1.807, 2.05) is 24.3 Å². The zero-order valence-corrected chi connectivity index (χ0v) is 10.0. The first-order chi connectivity index (χ1) is 7.66. The lowest BCUT2D eigenvalue weighted by Crippen LogP contribution is -2.19. The van der Waals surface area contributed by atoms with Crippen molar-refractivity contribution in [1.82, 2.24) is 15.0 Å². The Morgan fingerprint density at radius 2 is 2.31 bits per heavy atom. The molecule has 0 bridgehead atoms. The number of anilines is 2. The number of nitrogens with two attached hydrogens (primary N) is 1. The highest BCUT2D eigenvalue weighted by Gasteiger charge is 2.08. The molecule has 6 heteroatoms. The van der Waals surface area contributed by atoms with Gasteiger partial charge in [0.25, 0.3) is 0 Å². The summed E-state index contributed by atoms with van der Waals surface area (Å²) < 4.78 is 0. The fraction of sp³-hybridized carbons (Fsp3) is 0.300. The highest BCUT2D eigenvalue weighted by molar-refractivity contribution is 7.09. The molecule has 0 fully saturated rings. The fourth-order valence-electron chi connectivity index (χ4n) is 1.45. The molecule has 0 aliphatic heterocycles. The first kappa shape index (κ1) is 10.8. The Morgan fingerprint density at radius 1 is 1.50 bits per heavy atom. The second-order valence-electron chi connectivity index (χ2n) is 3.52. The number of aryl methyl sites for hydroxylation is 1. The van der Waals surface area contributed by atoms with Crippen LogP contribution < -0.4 is 10.6 Å². The van der Waals surface area contributed by atoms with Crippen molar-refractivity contribution in [3.05, 3.63) is 28.6 Å². The van der Waals surface area contributed by atoms with Gasteiger partial charge in [0.05, 0.1) is 29.1 Å². The van der Waals surface area contributed by atoms with Crippen molar-refractivity contribution < 1.29 is 0 Å². The molecule has 2 rings (SSSR count). The third-order valence-corrected chi connectivity index (χ3v) is 2.97. The predicted molar refractivity (Wildman–Crippen MR) is 65.4 cm³/mol. The minimum Gasteiger partial charge on any atom is -0.394 e. The summed E-state index contributed by atoms with van der Waals surface area (Å²) in [5, 5.41) is 3.11. The first-order valence-electron chi connectivity index (χ1n) is 4.84. The van der Waals surface area contributed by atoms with E-state index in [0.717, 1.165) is 16.5 Å². The summed E-state index contributed by atoms with van der Waals surface area (Å²) in [6.45, 7) is 2.69. The van der Waals surface area contributed by atoms with Gasteiger partial charge in [0.15, 0.2) is 5.82 Å². The summed E-state index contributed by atoms with van der Waals surface area (Å²) >= 11 is 1.64. The number of rotatable bonds is 3. The molecular formula is C10H13N5S. The molecule has 84 valence electrons. The van der Waals surface area contributed by atoms with E-state index in [9.17, 15) is 0 Å². The Hall–Kier alpha value is -1.69. The number of hydrogen-bond acceptors (Lipinski definition) is 6. The third-order valence-electron chi connectivity index (χ3n) is 2.15. The molecule has 0 saturated heterocycles. The number of nitrogen functional groups attached to an aromatic ring is 1. The number of thiazole rings is 1. The Balaban J connectivity index is 2.14. The highest BCUT2D eigenvalue weighted by Crippen LogP contribution is 2.19. The number of hydrogen-bond donors (Lipinski definition) is 1. The van der Waals surface area contributed by atoms with Gasteiger partial charge in [-0.15, -0.1) is 11.3 Å². The van der Waals surface area contributed by atoms with Crippen molar-refractivity contribution in [2.45, 2.75) is 13.5 Å². The van der Waals surface area contributed by atoms with Crippen LogP contribution >= 0.6 is 11.3 Å². The smallest absolute Gasteiger partial charge is 0.155 e. The van der Waals surface area contributed by atoms with Gasteiger partial charge in [-0.05, 0) is 6.92 Å². The largest absolute Gasteiger partial charge is 0.394 e. The maximum absolute atomic E-state index is 5.80. The summed E-state index contributed by atoms with van der Waals surface area (Å²) in [6, 6.07) is 0. The highest BCUT2D eigenvalue weighted by atomic mass is 32.1. The van der Waals surface area contributed by atoms with Gasteiger partial charge in [-0.3, -0.25) is 0 Å².